The molecule has 0 saturated carbocycles. The van der Waals surface area contributed by atoms with E-state index in [-0.39, 0.29) is 35.3 Å². The number of hydrogen-bond donors (Lipinski definition) is 1. The van der Waals surface area contributed by atoms with Crippen molar-refractivity contribution < 1.29 is 31.5 Å². The minimum Gasteiger partial charge on any atom is -0.379 e. The van der Waals surface area contributed by atoms with E-state index >= 15 is 0 Å². The van der Waals surface area contributed by atoms with Crippen LogP contribution in [-0.4, -0.2) is 57.4 Å². The van der Waals surface area contributed by atoms with E-state index in [1.807, 2.05) is 0 Å². The topological polar surface area (TPSA) is 96.0 Å². The summed E-state index contributed by atoms with van der Waals surface area (Å²) in [6, 6.07) is 5.95. The number of sulfonamides is 1. The van der Waals surface area contributed by atoms with E-state index in [1.165, 1.54) is 15.3 Å². The Labute approximate surface area is 187 Å². The molecule has 2 aliphatic rings. The molecule has 2 aromatic rings. The number of morpholine rings is 1. The SMILES string of the molecule is O=C(NCc1ccc(S(=O)(=O)N2CCOCC2)s1)C1CC(=O)N(c2cc(F)cc(F)c2)C1. The fourth-order valence-electron chi connectivity index (χ4n) is 3.65. The quantitative estimate of drug-likeness (QED) is 0.672. The van der Waals surface area contributed by atoms with E-state index in [2.05, 4.69) is 5.32 Å². The Morgan fingerprint density at radius 3 is 2.53 bits per heavy atom. The van der Waals surface area contributed by atoms with Gasteiger partial charge in [-0.15, -0.1) is 11.3 Å². The molecule has 2 fully saturated rings. The van der Waals surface area contributed by atoms with Crippen LogP contribution in [0.2, 0.25) is 0 Å². The predicted molar refractivity (Wildman–Crippen MR) is 113 cm³/mol. The minimum absolute atomic E-state index is 0.00859. The van der Waals surface area contributed by atoms with Gasteiger partial charge in [0.25, 0.3) is 10.0 Å². The van der Waals surface area contributed by atoms with Crippen LogP contribution in [0.5, 0.6) is 0 Å². The summed E-state index contributed by atoms with van der Waals surface area (Å²) in [4.78, 5) is 26.7. The summed E-state index contributed by atoms with van der Waals surface area (Å²) in [5.74, 6) is -3.07. The van der Waals surface area contributed by atoms with Gasteiger partial charge in [0.15, 0.2) is 0 Å². The van der Waals surface area contributed by atoms with Crippen LogP contribution in [0.1, 0.15) is 11.3 Å². The molecule has 0 bridgehead atoms. The fraction of sp³-hybridized carbons (Fsp3) is 0.400. The second kappa shape index (κ2) is 9.22. The molecule has 1 aromatic heterocycles. The number of benzene rings is 1. The number of carbonyl (C=O) groups is 2. The lowest BCUT2D eigenvalue weighted by atomic mass is 10.1. The summed E-state index contributed by atoms with van der Waals surface area (Å²) < 4.78 is 59.1. The molecule has 4 rings (SSSR count). The van der Waals surface area contributed by atoms with Crippen molar-refractivity contribution in [3.8, 4) is 0 Å². The molecular weight excluding hydrogens is 464 g/mol. The maximum absolute atomic E-state index is 13.5. The predicted octanol–water partition coefficient (Wildman–Crippen LogP) is 1.72. The summed E-state index contributed by atoms with van der Waals surface area (Å²) in [6.45, 7) is 1.43. The monoisotopic (exact) mass is 485 g/mol. The standard InChI is InChI=1S/C20H21F2N3O5S2/c21-14-8-15(22)10-16(9-14)25-12-13(7-18(25)26)20(27)23-11-17-1-2-19(31-17)32(28,29)24-3-5-30-6-4-24/h1-2,8-10,13H,3-7,11-12H2,(H,23,27). The van der Waals surface area contributed by atoms with Crippen LogP contribution in [0.4, 0.5) is 14.5 Å². The number of amides is 2. The average Bonchev–Trinajstić information content (AvgIpc) is 3.39. The van der Waals surface area contributed by atoms with Crippen molar-refractivity contribution in [3.63, 3.8) is 0 Å². The number of thiophene rings is 1. The van der Waals surface area contributed by atoms with Gasteiger partial charge in [-0.25, -0.2) is 17.2 Å². The summed E-state index contributed by atoms with van der Waals surface area (Å²) >= 11 is 1.07. The van der Waals surface area contributed by atoms with Gasteiger partial charge < -0.3 is 15.0 Å². The molecule has 32 heavy (non-hydrogen) atoms. The third-order valence-corrected chi connectivity index (χ3v) is 8.74. The van der Waals surface area contributed by atoms with Crippen LogP contribution in [0.15, 0.2) is 34.5 Å². The molecule has 2 amide bonds. The van der Waals surface area contributed by atoms with Gasteiger partial charge in [0.2, 0.25) is 11.8 Å². The molecule has 0 radical (unpaired) electrons. The van der Waals surface area contributed by atoms with Gasteiger partial charge >= 0.3 is 0 Å². The summed E-state index contributed by atoms with van der Waals surface area (Å²) in [5, 5.41) is 2.72. The van der Waals surface area contributed by atoms with E-state index < -0.39 is 33.5 Å². The van der Waals surface area contributed by atoms with E-state index in [4.69, 9.17) is 4.74 Å². The molecule has 2 aliphatic heterocycles. The highest BCUT2D eigenvalue weighted by atomic mass is 32.2. The molecule has 12 heteroatoms. The first-order chi connectivity index (χ1) is 15.2. The molecule has 1 aromatic carbocycles. The van der Waals surface area contributed by atoms with Gasteiger partial charge in [0, 0.05) is 42.7 Å². The molecule has 1 N–H and O–H groups in total. The smallest absolute Gasteiger partial charge is 0.252 e. The van der Waals surface area contributed by atoms with Crippen molar-refractivity contribution in [2.75, 3.05) is 37.7 Å². The van der Waals surface area contributed by atoms with Crippen LogP contribution in [0.25, 0.3) is 0 Å². The molecule has 2 saturated heterocycles. The minimum atomic E-state index is -3.60. The summed E-state index contributed by atoms with van der Waals surface area (Å²) in [7, 11) is -3.60. The Bertz CT molecular complexity index is 1110. The number of ether oxygens (including phenoxy) is 1. The van der Waals surface area contributed by atoms with Crippen molar-refractivity contribution in [3.05, 3.63) is 46.8 Å². The highest BCUT2D eigenvalue weighted by molar-refractivity contribution is 7.91. The average molecular weight is 486 g/mol. The van der Waals surface area contributed by atoms with E-state index in [9.17, 15) is 26.8 Å². The maximum Gasteiger partial charge on any atom is 0.252 e. The van der Waals surface area contributed by atoms with Gasteiger partial charge in [0.1, 0.15) is 15.8 Å². The lowest BCUT2D eigenvalue weighted by Gasteiger charge is -2.25. The molecule has 3 heterocycles. The van der Waals surface area contributed by atoms with Gasteiger partial charge in [-0.2, -0.15) is 4.31 Å². The Morgan fingerprint density at radius 1 is 1.16 bits per heavy atom. The third kappa shape index (κ3) is 4.82. The Balaban J connectivity index is 1.36. The molecule has 8 nitrogen and oxygen atoms in total. The van der Waals surface area contributed by atoms with Gasteiger partial charge in [0.05, 0.1) is 25.7 Å². The van der Waals surface area contributed by atoms with Gasteiger partial charge in [-0.1, -0.05) is 0 Å². The number of rotatable bonds is 6. The lowest BCUT2D eigenvalue weighted by Crippen LogP contribution is -2.40. The number of nitrogens with zero attached hydrogens (tertiary/aromatic N) is 2. The van der Waals surface area contributed by atoms with Crippen LogP contribution in [0, 0.1) is 17.6 Å². The molecule has 1 atom stereocenters. The first kappa shape index (κ1) is 22.8. The zero-order valence-corrected chi connectivity index (χ0v) is 18.6. The fourth-order valence-corrected chi connectivity index (χ4v) is 6.51. The Hall–Kier alpha value is -2.41. The molecule has 1 unspecified atom stereocenters. The van der Waals surface area contributed by atoms with Crippen molar-refractivity contribution in [2.24, 2.45) is 5.92 Å². The molecule has 172 valence electrons. The first-order valence-electron chi connectivity index (χ1n) is 9.95. The van der Waals surface area contributed by atoms with Crippen molar-refractivity contribution in [2.45, 2.75) is 17.2 Å². The number of hydrogen-bond acceptors (Lipinski definition) is 6. The van der Waals surface area contributed by atoms with Crippen LogP contribution in [-0.2, 0) is 30.9 Å². The van der Waals surface area contributed by atoms with Crippen molar-refractivity contribution in [1.29, 1.82) is 0 Å². The first-order valence-corrected chi connectivity index (χ1v) is 12.2. The highest BCUT2D eigenvalue weighted by Gasteiger charge is 2.35. The largest absolute Gasteiger partial charge is 0.379 e. The van der Waals surface area contributed by atoms with Gasteiger partial charge in [-0.3, -0.25) is 9.59 Å². The summed E-state index contributed by atoms with van der Waals surface area (Å²) in [5.41, 5.74) is 0.0685. The number of nitrogens with one attached hydrogen (secondary N) is 1. The zero-order chi connectivity index (χ0) is 22.9. The molecule has 0 aliphatic carbocycles. The van der Waals surface area contributed by atoms with E-state index in [0.29, 0.717) is 37.2 Å². The summed E-state index contributed by atoms with van der Waals surface area (Å²) in [6.07, 6.45) is -0.0783. The van der Waals surface area contributed by atoms with Crippen molar-refractivity contribution >= 4 is 38.9 Å². The number of anilines is 1. The van der Waals surface area contributed by atoms with Crippen LogP contribution < -0.4 is 10.2 Å². The lowest BCUT2D eigenvalue weighted by molar-refractivity contribution is -0.126. The molecular formula is C20H21F2N3O5S2. The Kier molecular flexibility index (Phi) is 6.56. The Morgan fingerprint density at radius 2 is 1.84 bits per heavy atom. The normalized spacial score (nSPS) is 20.0. The highest BCUT2D eigenvalue weighted by Crippen LogP contribution is 2.28. The molecule has 0 spiro atoms. The van der Waals surface area contributed by atoms with E-state index in [1.54, 1.807) is 6.07 Å². The second-order valence-corrected chi connectivity index (χ2v) is 10.8. The zero-order valence-electron chi connectivity index (χ0n) is 16.9. The third-order valence-electron chi connectivity index (χ3n) is 5.29. The van der Waals surface area contributed by atoms with Crippen LogP contribution >= 0.6 is 11.3 Å². The number of carbonyl (C=O) groups excluding carboxylic acids is 2. The van der Waals surface area contributed by atoms with Crippen LogP contribution in [0.3, 0.4) is 0 Å². The van der Waals surface area contributed by atoms with Crippen molar-refractivity contribution in [1.82, 2.24) is 9.62 Å². The van der Waals surface area contributed by atoms with E-state index in [0.717, 1.165) is 23.5 Å². The number of halogens is 2. The van der Waals surface area contributed by atoms with Gasteiger partial charge in [-0.05, 0) is 24.3 Å². The second-order valence-electron chi connectivity index (χ2n) is 7.49. The maximum atomic E-state index is 13.5.